The second-order valence-corrected chi connectivity index (χ2v) is 13.6. The van der Waals surface area contributed by atoms with Gasteiger partial charge in [-0.05, 0) is 118 Å². The number of aryl methyl sites for hydroxylation is 4. The number of ketones is 2. The summed E-state index contributed by atoms with van der Waals surface area (Å²) >= 11 is 0. The summed E-state index contributed by atoms with van der Waals surface area (Å²) in [6.45, 7) is 6.22. The standard InChI is InChI=1S/C20H25F3O4.C18H19F3O3/c1-4-26-19(25)16-7-5-6-15(16)18(24)10-17-12(2)8-14(9-13(17)3)27-11-20(21,22)23;1-9-6-11(24-8-18(19,20)21)7-10(2)14(9)15-16(22)12-4-3-5-13(12)17(15)23/h8-9,15-16H,4-7,10-11H2,1-3H3;6-7,12-13,22H,3-5,8H2,1-2H3. The summed E-state index contributed by atoms with van der Waals surface area (Å²) in [7, 11) is 0. The van der Waals surface area contributed by atoms with E-state index in [9.17, 15) is 45.8 Å². The molecular weight excluding hydrogens is 682 g/mol. The summed E-state index contributed by atoms with van der Waals surface area (Å²) in [6.07, 6.45) is -4.02. The Labute approximate surface area is 293 Å². The Morgan fingerprint density at radius 2 is 1.22 bits per heavy atom. The number of halogens is 6. The summed E-state index contributed by atoms with van der Waals surface area (Å²) < 4.78 is 88.5. The molecule has 1 N–H and O–H groups in total. The first-order chi connectivity index (χ1) is 23.8. The number of fused-ring (bicyclic) bond motifs is 1. The van der Waals surface area contributed by atoms with Crippen molar-refractivity contribution in [3.05, 3.63) is 63.4 Å². The van der Waals surface area contributed by atoms with E-state index in [0.717, 1.165) is 31.2 Å². The first-order valence-electron chi connectivity index (χ1n) is 17.1. The highest BCUT2D eigenvalue weighted by Gasteiger charge is 2.46. The van der Waals surface area contributed by atoms with E-state index in [4.69, 9.17) is 14.2 Å². The van der Waals surface area contributed by atoms with Gasteiger partial charge in [0.15, 0.2) is 19.0 Å². The lowest BCUT2D eigenvalue weighted by Crippen LogP contribution is -2.28. The van der Waals surface area contributed by atoms with Crippen molar-refractivity contribution in [2.24, 2.45) is 23.7 Å². The molecule has 4 unspecified atom stereocenters. The lowest BCUT2D eigenvalue weighted by Gasteiger charge is -2.19. The minimum Gasteiger partial charge on any atom is -0.511 e. The number of Topliss-reactive ketones (excluding diaryl/α,β-unsaturated/α-hetero) is 2. The molecule has 2 saturated carbocycles. The van der Waals surface area contributed by atoms with Crippen molar-refractivity contribution >= 4 is 23.1 Å². The minimum atomic E-state index is -4.40. The summed E-state index contributed by atoms with van der Waals surface area (Å²) in [5.41, 5.74) is 4.38. The fraction of sp³-hybridized carbons (Fsp3) is 0.553. The van der Waals surface area contributed by atoms with E-state index >= 15 is 0 Å². The molecule has 0 aliphatic heterocycles. The first kappa shape index (κ1) is 39.8. The highest BCUT2D eigenvalue weighted by molar-refractivity contribution is 6.25. The maximum Gasteiger partial charge on any atom is 0.422 e. The van der Waals surface area contributed by atoms with Crippen LogP contribution in [0.25, 0.3) is 5.57 Å². The van der Waals surface area contributed by atoms with Gasteiger partial charge in [0.1, 0.15) is 23.0 Å². The van der Waals surface area contributed by atoms with Gasteiger partial charge in [-0.1, -0.05) is 12.8 Å². The molecule has 0 spiro atoms. The third-order valence-corrected chi connectivity index (χ3v) is 9.81. The van der Waals surface area contributed by atoms with Gasteiger partial charge in [0.2, 0.25) is 0 Å². The van der Waals surface area contributed by atoms with Crippen LogP contribution < -0.4 is 9.47 Å². The molecule has 5 rings (SSSR count). The number of hydrogen-bond donors (Lipinski definition) is 1. The Morgan fingerprint density at radius 3 is 1.71 bits per heavy atom. The topological polar surface area (TPSA) is 99.1 Å². The zero-order valence-corrected chi connectivity index (χ0v) is 29.4. The van der Waals surface area contributed by atoms with E-state index in [-0.39, 0.29) is 65.6 Å². The highest BCUT2D eigenvalue weighted by atomic mass is 19.4. The Morgan fingerprint density at radius 1 is 0.745 bits per heavy atom. The van der Waals surface area contributed by atoms with Crippen LogP contribution in [0.2, 0.25) is 0 Å². The lowest BCUT2D eigenvalue weighted by atomic mass is 9.86. The lowest BCUT2D eigenvalue weighted by molar-refractivity contribution is -0.154. The molecule has 2 aromatic carbocycles. The van der Waals surface area contributed by atoms with E-state index in [2.05, 4.69) is 0 Å². The normalized spacial score (nSPS) is 21.7. The zero-order chi connectivity index (χ0) is 37.8. The van der Waals surface area contributed by atoms with Crippen molar-refractivity contribution in [1.82, 2.24) is 0 Å². The van der Waals surface area contributed by atoms with E-state index in [1.165, 1.54) is 24.3 Å². The zero-order valence-electron chi connectivity index (χ0n) is 29.4. The predicted octanol–water partition coefficient (Wildman–Crippen LogP) is 8.85. The summed E-state index contributed by atoms with van der Waals surface area (Å²) in [5.74, 6) is -1.04. The van der Waals surface area contributed by atoms with Gasteiger partial charge in [-0.2, -0.15) is 26.3 Å². The van der Waals surface area contributed by atoms with E-state index in [1.54, 1.807) is 34.6 Å². The third-order valence-electron chi connectivity index (χ3n) is 9.81. The Hall–Kier alpha value is -4.03. The predicted molar refractivity (Wildman–Crippen MR) is 176 cm³/mol. The van der Waals surface area contributed by atoms with E-state index in [1.807, 2.05) is 0 Å². The van der Waals surface area contributed by atoms with Gasteiger partial charge in [-0.15, -0.1) is 0 Å². The Balaban J connectivity index is 0.000000230. The number of esters is 1. The molecule has 4 atom stereocenters. The van der Waals surface area contributed by atoms with Crippen LogP contribution in [0.1, 0.15) is 78.8 Å². The van der Waals surface area contributed by atoms with Gasteiger partial charge in [0.05, 0.1) is 18.1 Å². The average Bonchev–Trinajstić information content (AvgIpc) is 3.76. The number of alkyl halides is 6. The van der Waals surface area contributed by atoms with Crippen LogP contribution in [0.15, 0.2) is 30.0 Å². The van der Waals surface area contributed by atoms with Crippen LogP contribution in [0.4, 0.5) is 26.3 Å². The van der Waals surface area contributed by atoms with Crippen LogP contribution in [0.5, 0.6) is 11.5 Å². The quantitative estimate of drug-likeness (QED) is 0.193. The number of rotatable bonds is 10. The monoisotopic (exact) mass is 726 g/mol. The molecule has 2 fully saturated rings. The molecule has 7 nitrogen and oxygen atoms in total. The first-order valence-corrected chi connectivity index (χ1v) is 17.1. The summed E-state index contributed by atoms with van der Waals surface area (Å²) in [5, 5.41) is 10.5. The second-order valence-electron chi connectivity index (χ2n) is 13.6. The smallest absolute Gasteiger partial charge is 0.422 e. The molecule has 2 aromatic rings. The van der Waals surface area contributed by atoms with Crippen LogP contribution in [-0.4, -0.2) is 54.8 Å². The fourth-order valence-corrected chi connectivity index (χ4v) is 7.58. The summed E-state index contributed by atoms with van der Waals surface area (Å²) in [6, 6.07) is 5.99. The number of carbonyl (C=O) groups excluding carboxylic acids is 3. The molecule has 0 radical (unpaired) electrons. The van der Waals surface area contributed by atoms with E-state index in [0.29, 0.717) is 46.2 Å². The van der Waals surface area contributed by atoms with Crippen molar-refractivity contribution in [2.45, 2.75) is 91.9 Å². The van der Waals surface area contributed by atoms with Crippen LogP contribution in [0, 0.1) is 51.4 Å². The van der Waals surface area contributed by atoms with Gasteiger partial charge in [0, 0.05) is 24.2 Å². The van der Waals surface area contributed by atoms with Gasteiger partial charge < -0.3 is 19.3 Å². The number of aliphatic hydroxyl groups is 1. The maximum absolute atomic E-state index is 12.8. The number of ether oxygens (including phenoxy) is 3. The maximum atomic E-state index is 12.8. The van der Waals surface area contributed by atoms with Crippen LogP contribution in [0.3, 0.4) is 0 Å². The van der Waals surface area contributed by atoms with Crippen molar-refractivity contribution in [3.8, 4) is 11.5 Å². The molecule has 280 valence electrons. The molecule has 3 aliphatic carbocycles. The van der Waals surface area contributed by atoms with Crippen molar-refractivity contribution in [2.75, 3.05) is 19.8 Å². The van der Waals surface area contributed by atoms with Crippen molar-refractivity contribution in [3.63, 3.8) is 0 Å². The minimum absolute atomic E-state index is 0.0271. The largest absolute Gasteiger partial charge is 0.511 e. The average molecular weight is 727 g/mol. The highest BCUT2D eigenvalue weighted by Crippen LogP contribution is 2.48. The van der Waals surface area contributed by atoms with Gasteiger partial charge in [-0.25, -0.2) is 0 Å². The molecule has 0 bridgehead atoms. The van der Waals surface area contributed by atoms with Crippen molar-refractivity contribution in [1.29, 1.82) is 0 Å². The Kier molecular flexibility index (Phi) is 12.6. The molecule has 0 saturated heterocycles. The number of allylic oxidation sites excluding steroid dienone is 2. The number of hydrogen-bond acceptors (Lipinski definition) is 7. The molecule has 0 amide bonds. The Bertz CT molecular complexity index is 1610. The van der Waals surface area contributed by atoms with Crippen LogP contribution in [-0.2, 0) is 25.5 Å². The van der Waals surface area contributed by atoms with Gasteiger partial charge >= 0.3 is 18.3 Å². The molecular formula is C38H44F6O7. The molecule has 0 aromatic heterocycles. The SMILES string of the molecule is CCOC(=O)C1CCCC1C(=O)Cc1c(C)cc(OCC(F)(F)F)cc1C.Cc1cc(OCC(F)(F)F)cc(C)c1C1=C(O)C2CCCC2C1=O. The third kappa shape index (κ3) is 9.85. The number of carbonyl (C=O) groups is 3. The molecule has 13 heteroatoms. The fourth-order valence-electron chi connectivity index (χ4n) is 7.58. The van der Waals surface area contributed by atoms with E-state index < -0.39 is 31.5 Å². The number of benzene rings is 2. The van der Waals surface area contributed by atoms with Crippen molar-refractivity contribution < 1.29 is 60.0 Å². The second kappa shape index (κ2) is 16.1. The number of aliphatic hydroxyl groups excluding tert-OH is 1. The molecule has 51 heavy (non-hydrogen) atoms. The van der Waals surface area contributed by atoms with Crippen LogP contribution >= 0.6 is 0 Å². The molecule has 0 heterocycles. The summed E-state index contributed by atoms with van der Waals surface area (Å²) in [4.78, 5) is 37.5. The van der Waals surface area contributed by atoms with Gasteiger partial charge in [0.25, 0.3) is 0 Å². The molecule has 3 aliphatic rings. The van der Waals surface area contributed by atoms with Gasteiger partial charge in [-0.3, -0.25) is 14.4 Å².